The number of hydrogen-bond donors (Lipinski definition) is 1. The van der Waals surface area contributed by atoms with Gasteiger partial charge in [0.05, 0.1) is 17.2 Å². The minimum absolute atomic E-state index is 0.00504. The molecule has 0 saturated carbocycles. The highest BCUT2D eigenvalue weighted by molar-refractivity contribution is 5.78. The summed E-state index contributed by atoms with van der Waals surface area (Å²) in [5.41, 5.74) is 0.454. The lowest BCUT2D eigenvalue weighted by molar-refractivity contribution is -0.121. The quantitative estimate of drug-likeness (QED) is 0.823. The minimum Gasteiger partial charge on any atom is -0.353 e. The van der Waals surface area contributed by atoms with Crippen molar-refractivity contribution in [1.29, 1.82) is 0 Å². The van der Waals surface area contributed by atoms with Crippen LogP contribution >= 0.6 is 0 Å². The molecule has 118 valence electrons. The van der Waals surface area contributed by atoms with Gasteiger partial charge >= 0.3 is 0 Å². The Hall–Kier alpha value is -2.21. The van der Waals surface area contributed by atoms with Gasteiger partial charge in [-0.25, -0.2) is 4.98 Å². The summed E-state index contributed by atoms with van der Waals surface area (Å²) in [6, 6.07) is 7.13. The first kappa shape index (κ1) is 16.2. The molecule has 0 unspecified atom stereocenters. The number of rotatable bonds is 7. The lowest BCUT2D eigenvalue weighted by atomic mass is 10.2. The summed E-state index contributed by atoms with van der Waals surface area (Å²) in [5, 5.41) is 3.37. The molecular weight excluding hydrogens is 280 g/mol. The predicted octanol–water partition coefficient (Wildman–Crippen LogP) is 0.854. The van der Waals surface area contributed by atoms with Gasteiger partial charge in [-0.2, -0.15) is 0 Å². The van der Waals surface area contributed by atoms with E-state index < -0.39 is 0 Å². The van der Waals surface area contributed by atoms with Gasteiger partial charge in [-0.15, -0.1) is 0 Å². The summed E-state index contributed by atoms with van der Waals surface area (Å²) in [6.07, 6.45) is 1.43. The average molecular weight is 302 g/mol. The molecule has 0 spiro atoms. The van der Waals surface area contributed by atoms with Gasteiger partial charge in [-0.3, -0.25) is 14.2 Å². The van der Waals surface area contributed by atoms with E-state index >= 15 is 0 Å². The summed E-state index contributed by atoms with van der Waals surface area (Å²) in [6.45, 7) is 7.48. The van der Waals surface area contributed by atoms with Gasteiger partial charge < -0.3 is 10.2 Å². The molecule has 0 aliphatic carbocycles. The topological polar surface area (TPSA) is 67.2 Å². The standard InChI is InChI=1S/C16H22N4O2/c1-3-19(4-2)10-9-17-15(21)11-20-12-18-14-8-6-5-7-13(14)16(20)22/h5-8,12H,3-4,9-11H2,1-2H3,(H,17,21). The van der Waals surface area contributed by atoms with E-state index in [0.29, 0.717) is 17.4 Å². The molecule has 6 nitrogen and oxygen atoms in total. The molecule has 0 atom stereocenters. The summed E-state index contributed by atoms with van der Waals surface area (Å²) >= 11 is 0. The van der Waals surface area contributed by atoms with Gasteiger partial charge in [-0.1, -0.05) is 26.0 Å². The number of nitrogens with zero attached hydrogens (tertiary/aromatic N) is 3. The van der Waals surface area contributed by atoms with E-state index in [4.69, 9.17) is 0 Å². The molecule has 6 heteroatoms. The molecule has 0 fully saturated rings. The molecule has 1 amide bonds. The van der Waals surface area contributed by atoms with Gasteiger partial charge in [0.15, 0.2) is 0 Å². The molecule has 0 radical (unpaired) electrons. The highest BCUT2D eigenvalue weighted by Crippen LogP contribution is 2.04. The van der Waals surface area contributed by atoms with E-state index in [2.05, 4.69) is 29.0 Å². The smallest absolute Gasteiger partial charge is 0.261 e. The van der Waals surface area contributed by atoms with Crippen molar-refractivity contribution in [2.24, 2.45) is 0 Å². The van der Waals surface area contributed by atoms with Crippen LogP contribution in [0, 0.1) is 0 Å². The normalized spacial score (nSPS) is 11.0. The van der Waals surface area contributed by atoms with Crippen molar-refractivity contribution in [1.82, 2.24) is 19.8 Å². The molecular formula is C16H22N4O2. The fraction of sp³-hybridized carbons (Fsp3) is 0.438. The van der Waals surface area contributed by atoms with Crippen molar-refractivity contribution in [2.75, 3.05) is 26.2 Å². The van der Waals surface area contributed by atoms with E-state index in [9.17, 15) is 9.59 Å². The first-order valence-electron chi connectivity index (χ1n) is 7.59. The summed E-state index contributed by atoms with van der Waals surface area (Å²) in [5.74, 6) is -0.175. The number of hydrogen-bond acceptors (Lipinski definition) is 4. The fourth-order valence-electron chi connectivity index (χ4n) is 2.32. The first-order valence-corrected chi connectivity index (χ1v) is 7.59. The number of nitrogens with one attached hydrogen (secondary N) is 1. The Labute approximate surface area is 129 Å². The lowest BCUT2D eigenvalue weighted by Crippen LogP contribution is -2.37. The van der Waals surface area contributed by atoms with Gasteiger partial charge in [0.25, 0.3) is 5.56 Å². The summed E-state index contributed by atoms with van der Waals surface area (Å²) < 4.78 is 1.34. The summed E-state index contributed by atoms with van der Waals surface area (Å²) in [7, 11) is 0. The molecule has 1 aromatic heterocycles. The number of aromatic nitrogens is 2. The maximum atomic E-state index is 12.3. The second-order valence-corrected chi connectivity index (χ2v) is 5.07. The van der Waals surface area contributed by atoms with Gasteiger partial charge in [0.1, 0.15) is 6.54 Å². The third-order valence-electron chi connectivity index (χ3n) is 3.69. The van der Waals surface area contributed by atoms with Crippen molar-refractivity contribution >= 4 is 16.8 Å². The Morgan fingerprint density at radius 2 is 2.00 bits per heavy atom. The molecule has 1 N–H and O–H groups in total. The molecule has 0 bridgehead atoms. The van der Waals surface area contributed by atoms with Crippen LogP contribution in [-0.2, 0) is 11.3 Å². The van der Waals surface area contributed by atoms with Crippen molar-refractivity contribution < 1.29 is 4.79 Å². The highest BCUT2D eigenvalue weighted by Gasteiger charge is 2.08. The number of para-hydroxylation sites is 1. The lowest BCUT2D eigenvalue weighted by Gasteiger charge is -2.18. The monoisotopic (exact) mass is 302 g/mol. The van der Waals surface area contributed by atoms with E-state index in [-0.39, 0.29) is 18.0 Å². The molecule has 22 heavy (non-hydrogen) atoms. The maximum absolute atomic E-state index is 12.3. The molecule has 1 heterocycles. The second kappa shape index (κ2) is 7.70. The van der Waals surface area contributed by atoms with Crippen LogP contribution in [0.2, 0.25) is 0 Å². The zero-order valence-corrected chi connectivity index (χ0v) is 13.1. The van der Waals surface area contributed by atoms with Crippen LogP contribution in [0.1, 0.15) is 13.8 Å². The third-order valence-corrected chi connectivity index (χ3v) is 3.69. The molecule has 0 saturated heterocycles. The highest BCUT2D eigenvalue weighted by atomic mass is 16.2. The van der Waals surface area contributed by atoms with Crippen LogP contribution in [-0.4, -0.2) is 46.5 Å². The Morgan fingerprint density at radius 1 is 1.27 bits per heavy atom. The third kappa shape index (κ3) is 3.92. The predicted molar refractivity (Wildman–Crippen MR) is 86.8 cm³/mol. The number of fused-ring (bicyclic) bond motifs is 1. The Bertz CT molecular complexity index is 692. The Balaban J connectivity index is 1.97. The fourth-order valence-corrected chi connectivity index (χ4v) is 2.32. The van der Waals surface area contributed by atoms with Crippen LogP contribution in [0.25, 0.3) is 10.9 Å². The van der Waals surface area contributed by atoms with Gasteiger partial charge in [0.2, 0.25) is 5.91 Å². The zero-order chi connectivity index (χ0) is 15.9. The van der Waals surface area contributed by atoms with E-state index in [1.54, 1.807) is 18.2 Å². The van der Waals surface area contributed by atoms with Crippen LogP contribution in [0.15, 0.2) is 35.4 Å². The maximum Gasteiger partial charge on any atom is 0.261 e. The zero-order valence-electron chi connectivity index (χ0n) is 13.1. The summed E-state index contributed by atoms with van der Waals surface area (Å²) in [4.78, 5) is 30.6. The van der Waals surface area contributed by atoms with Crippen LogP contribution in [0.3, 0.4) is 0 Å². The molecule has 0 aliphatic heterocycles. The van der Waals surface area contributed by atoms with E-state index in [1.165, 1.54) is 10.9 Å². The Kier molecular flexibility index (Phi) is 5.66. The van der Waals surface area contributed by atoms with Crippen LogP contribution < -0.4 is 10.9 Å². The van der Waals surface area contributed by atoms with Crippen LogP contribution in [0.4, 0.5) is 0 Å². The average Bonchev–Trinajstić information content (AvgIpc) is 2.54. The van der Waals surface area contributed by atoms with Gasteiger partial charge in [-0.05, 0) is 25.2 Å². The molecule has 2 rings (SSSR count). The van der Waals surface area contributed by atoms with Crippen molar-refractivity contribution in [3.63, 3.8) is 0 Å². The first-order chi connectivity index (χ1) is 10.7. The number of likely N-dealkylation sites (N-methyl/N-ethyl adjacent to an activating group) is 1. The number of amides is 1. The molecule has 2 aromatic rings. The van der Waals surface area contributed by atoms with E-state index in [1.807, 2.05) is 6.07 Å². The van der Waals surface area contributed by atoms with Crippen LogP contribution in [0.5, 0.6) is 0 Å². The van der Waals surface area contributed by atoms with Gasteiger partial charge in [0, 0.05) is 13.1 Å². The molecule has 0 aliphatic rings. The largest absolute Gasteiger partial charge is 0.353 e. The number of carbonyl (C=O) groups excluding carboxylic acids is 1. The second-order valence-electron chi connectivity index (χ2n) is 5.07. The SMILES string of the molecule is CCN(CC)CCNC(=O)Cn1cnc2ccccc2c1=O. The molecule has 1 aromatic carbocycles. The van der Waals surface area contributed by atoms with Crippen molar-refractivity contribution in [3.05, 3.63) is 40.9 Å². The number of carbonyl (C=O) groups is 1. The minimum atomic E-state index is -0.190. The Morgan fingerprint density at radius 3 is 2.73 bits per heavy atom. The van der Waals surface area contributed by atoms with E-state index in [0.717, 1.165) is 19.6 Å². The van der Waals surface area contributed by atoms with Crippen molar-refractivity contribution in [3.8, 4) is 0 Å². The number of benzene rings is 1. The van der Waals surface area contributed by atoms with Crippen molar-refractivity contribution in [2.45, 2.75) is 20.4 Å².